The lowest BCUT2D eigenvalue weighted by Gasteiger charge is -2.29. The Bertz CT molecular complexity index is 337. The third-order valence-electron chi connectivity index (χ3n) is 3.56. The molecule has 16 heavy (non-hydrogen) atoms. The van der Waals surface area contributed by atoms with Crippen molar-refractivity contribution in [2.75, 3.05) is 5.32 Å². The summed E-state index contributed by atoms with van der Waals surface area (Å²) in [4.78, 5) is 0. The van der Waals surface area contributed by atoms with Crippen molar-refractivity contribution >= 4 is 28.3 Å². The van der Waals surface area contributed by atoms with Crippen molar-refractivity contribution < 1.29 is 0 Å². The molecule has 1 aliphatic carbocycles. The van der Waals surface area contributed by atoms with Crippen molar-refractivity contribution in [2.24, 2.45) is 5.92 Å². The quantitative estimate of drug-likeness (QED) is 0.795. The van der Waals surface area contributed by atoms with Gasteiger partial charge in [0.2, 0.25) is 0 Å². The van der Waals surface area contributed by atoms with Crippen molar-refractivity contribution in [3.63, 3.8) is 0 Å². The minimum Gasteiger partial charge on any atom is -0.382 e. The number of rotatable bonds is 3. The van der Waals surface area contributed by atoms with Crippen molar-refractivity contribution in [3.05, 3.63) is 27.8 Å². The molecule has 1 nitrogen and oxygen atoms in total. The van der Waals surface area contributed by atoms with Gasteiger partial charge in [-0.3, -0.25) is 0 Å². The van der Waals surface area contributed by atoms with E-state index in [1.807, 2.05) is 0 Å². The summed E-state index contributed by atoms with van der Waals surface area (Å²) in [5, 5.41) is 3.68. The van der Waals surface area contributed by atoms with Crippen molar-refractivity contribution in [1.82, 2.24) is 0 Å². The van der Waals surface area contributed by atoms with Gasteiger partial charge in [-0.2, -0.15) is 0 Å². The van der Waals surface area contributed by atoms with E-state index < -0.39 is 0 Å². The van der Waals surface area contributed by atoms with E-state index in [0.29, 0.717) is 6.04 Å². The standard InChI is InChI=1S/C14H20IN/c1-2-11-5-3-7-13(9-11)16-14-8-4-6-12(15)10-14/h4,6,8,10-11,13,16H,2-3,5,7,9H2,1H3. The maximum absolute atomic E-state index is 3.68. The van der Waals surface area contributed by atoms with E-state index in [0.717, 1.165) is 5.92 Å². The van der Waals surface area contributed by atoms with E-state index in [9.17, 15) is 0 Å². The first-order valence-electron chi connectivity index (χ1n) is 6.30. The SMILES string of the molecule is CCC1CCCC(Nc2cccc(I)c2)C1. The van der Waals surface area contributed by atoms with Gasteiger partial charge in [0.25, 0.3) is 0 Å². The maximum Gasteiger partial charge on any atom is 0.0352 e. The Morgan fingerprint density at radius 2 is 2.25 bits per heavy atom. The molecule has 2 heteroatoms. The van der Waals surface area contributed by atoms with Gasteiger partial charge in [0, 0.05) is 15.3 Å². The van der Waals surface area contributed by atoms with Crippen LogP contribution in [0.2, 0.25) is 0 Å². The molecule has 1 N–H and O–H groups in total. The van der Waals surface area contributed by atoms with E-state index in [1.54, 1.807) is 0 Å². The van der Waals surface area contributed by atoms with Gasteiger partial charge in [0.15, 0.2) is 0 Å². The Labute approximate surface area is 112 Å². The predicted molar refractivity (Wildman–Crippen MR) is 78.8 cm³/mol. The van der Waals surface area contributed by atoms with Crippen molar-refractivity contribution in [3.8, 4) is 0 Å². The van der Waals surface area contributed by atoms with Gasteiger partial charge in [-0.1, -0.05) is 32.3 Å². The molecule has 1 aromatic rings. The minimum absolute atomic E-state index is 0.692. The normalized spacial score (nSPS) is 25.4. The van der Waals surface area contributed by atoms with E-state index in [1.165, 1.54) is 41.4 Å². The zero-order chi connectivity index (χ0) is 11.4. The number of halogens is 1. The molecule has 1 aromatic carbocycles. The van der Waals surface area contributed by atoms with Crippen LogP contribution in [0.25, 0.3) is 0 Å². The smallest absolute Gasteiger partial charge is 0.0352 e. The molecule has 1 fully saturated rings. The summed E-state index contributed by atoms with van der Waals surface area (Å²) in [6, 6.07) is 9.37. The second-order valence-electron chi connectivity index (χ2n) is 4.79. The van der Waals surface area contributed by atoms with Crippen LogP contribution < -0.4 is 5.32 Å². The average Bonchev–Trinajstić information content (AvgIpc) is 2.29. The lowest BCUT2D eigenvalue weighted by molar-refractivity contribution is 0.327. The summed E-state index contributed by atoms with van der Waals surface area (Å²) in [7, 11) is 0. The molecule has 1 saturated carbocycles. The molecule has 0 bridgehead atoms. The number of hydrogen-bond donors (Lipinski definition) is 1. The highest BCUT2D eigenvalue weighted by Gasteiger charge is 2.20. The molecule has 0 aliphatic heterocycles. The Morgan fingerprint density at radius 3 is 3.00 bits per heavy atom. The summed E-state index contributed by atoms with van der Waals surface area (Å²) in [5.41, 5.74) is 1.29. The zero-order valence-corrected chi connectivity index (χ0v) is 12.0. The van der Waals surface area contributed by atoms with E-state index in [2.05, 4.69) is 59.1 Å². The Balaban J connectivity index is 1.94. The van der Waals surface area contributed by atoms with Gasteiger partial charge in [0.1, 0.15) is 0 Å². The van der Waals surface area contributed by atoms with Gasteiger partial charge in [0.05, 0.1) is 0 Å². The minimum atomic E-state index is 0.692. The summed E-state index contributed by atoms with van der Waals surface area (Å²) in [5.74, 6) is 0.939. The van der Waals surface area contributed by atoms with Gasteiger partial charge in [-0.25, -0.2) is 0 Å². The van der Waals surface area contributed by atoms with E-state index in [-0.39, 0.29) is 0 Å². The molecule has 0 amide bonds. The summed E-state index contributed by atoms with van der Waals surface area (Å²) < 4.78 is 1.31. The van der Waals surface area contributed by atoms with Gasteiger partial charge < -0.3 is 5.32 Å². The molecule has 2 atom stereocenters. The van der Waals surface area contributed by atoms with Crippen LogP contribution in [0.15, 0.2) is 24.3 Å². The van der Waals surface area contributed by atoms with Crippen LogP contribution in [0.1, 0.15) is 39.0 Å². The van der Waals surface area contributed by atoms with E-state index >= 15 is 0 Å². The fourth-order valence-corrected chi connectivity index (χ4v) is 3.15. The number of anilines is 1. The van der Waals surface area contributed by atoms with Gasteiger partial charge in [-0.05, 0) is 59.5 Å². The van der Waals surface area contributed by atoms with Crippen LogP contribution in [0.3, 0.4) is 0 Å². The first-order valence-corrected chi connectivity index (χ1v) is 7.38. The highest BCUT2D eigenvalue weighted by atomic mass is 127. The highest BCUT2D eigenvalue weighted by Crippen LogP contribution is 2.28. The topological polar surface area (TPSA) is 12.0 Å². The van der Waals surface area contributed by atoms with Crippen molar-refractivity contribution in [1.29, 1.82) is 0 Å². The van der Waals surface area contributed by atoms with Crippen molar-refractivity contribution in [2.45, 2.75) is 45.1 Å². The largest absolute Gasteiger partial charge is 0.382 e. The highest BCUT2D eigenvalue weighted by molar-refractivity contribution is 14.1. The molecule has 0 aromatic heterocycles. The molecule has 0 saturated heterocycles. The van der Waals surface area contributed by atoms with Crippen LogP contribution >= 0.6 is 22.6 Å². The molecule has 0 heterocycles. The Kier molecular flexibility index (Phi) is 4.50. The van der Waals surface area contributed by atoms with Gasteiger partial charge >= 0.3 is 0 Å². The predicted octanol–water partition coefficient (Wildman–Crippen LogP) is 4.67. The molecule has 0 spiro atoms. The van der Waals surface area contributed by atoms with Crippen LogP contribution in [-0.4, -0.2) is 6.04 Å². The summed E-state index contributed by atoms with van der Waals surface area (Å²) in [6.45, 7) is 2.32. The van der Waals surface area contributed by atoms with Crippen LogP contribution in [-0.2, 0) is 0 Å². The third-order valence-corrected chi connectivity index (χ3v) is 4.23. The number of hydrogen-bond acceptors (Lipinski definition) is 1. The van der Waals surface area contributed by atoms with Crippen LogP contribution in [0, 0.1) is 9.49 Å². The molecule has 2 rings (SSSR count). The lowest BCUT2D eigenvalue weighted by Crippen LogP contribution is -2.27. The first-order chi connectivity index (χ1) is 7.78. The summed E-state index contributed by atoms with van der Waals surface area (Å²) >= 11 is 2.37. The average molecular weight is 329 g/mol. The number of nitrogens with one attached hydrogen (secondary N) is 1. The first kappa shape index (κ1) is 12.2. The molecular formula is C14H20IN. The molecule has 0 radical (unpaired) electrons. The summed E-state index contributed by atoms with van der Waals surface area (Å²) in [6.07, 6.45) is 6.84. The molecular weight excluding hydrogens is 309 g/mol. The molecule has 1 aliphatic rings. The lowest BCUT2D eigenvalue weighted by atomic mass is 9.84. The number of benzene rings is 1. The Morgan fingerprint density at radius 1 is 1.38 bits per heavy atom. The second-order valence-corrected chi connectivity index (χ2v) is 6.04. The zero-order valence-electron chi connectivity index (χ0n) is 9.88. The fraction of sp³-hybridized carbons (Fsp3) is 0.571. The van der Waals surface area contributed by atoms with Crippen LogP contribution in [0.5, 0.6) is 0 Å². The Hall–Kier alpha value is -0.250. The fourth-order valence-electron chi connectivity index (χ4n) is 2.61. The van der Waals surface area contributed by atoms with Gasteiger partial charge in [-0.15, -0.1) is 0 Å². The van der Waals surface area contributed by atoms with E-state index in [4.69, 9.17) is 0 Å². The monoisotopic (exact) mass is 329 g/mol. The molecule has 2 unspecified atom stereocenters. The molecule has 88 valence electrons. The van der Waals surface area contributed by atoms with Crippen LogP contribution in [0.4, 0.5) is 5.69 Å². The maximum atomic E-state index is 3.68. The second kappa shape index (κ2) is 5.89. The third kappa shape index (κ3) is 3.37.